The summed E-state index contributed by atoms with van der Waals surface area (Å²) in [5, 5.41) is 15.0. The molecular weight excluding hydrogens is 378 g/mol. The molecule has 3 aromatic rings. The lowest BCUT2D eigenvalue weighted by atomic mass is 10.1. The van der Waals surface area contributed by atoms with Gasteiger partial charge in [-0.15, -0.1) is 5.10 Å². The van der Waals surface area contributed by atoms with Crippen molar-refractivity contribution in [1.29, 1.82) is 0 Å². The maximum absolute atomic E-state index is 5.90. The summed E-state index contributed by atoms with van der Waals surface area (Å²) in [6, 6.07) is 15.2. The molecule has 0 aliphatic rings. The lowest BCUT2D eigenvalue weighted by Gasteiger charge is -2.09. The number of methoxy groups -OCH3 is 1. The van der Waals surface area contributed by atoms with Gasteiger partial charge >= 0.3 is 0 Å². The van der Waals surface area contributed by atoms with Crippen LogP contribution in [0.2, 0.25) is 5.02 Å². The van der Waals surface area contributed by atoms with Gasteiger partial charge in [-0.2, -0.15) is 10.1 Å². The van der Waals surface area contributed by atoms with E-state index < -0.39 is 0 Å². The molecule has 8 heteroatoms. The van der Waals surface area contributed by atoms with E-state index in [-0.39, 0.29) is 0 Å². The molecule has 0 amide bonds. The maximum Gasteiger partial charge on any atom is 0.244 e. The van der Waals surface area contributed by atoms with Gasteiger partial charge in [0.15, 0.2) is 5.82 Å². The average Bonchev–Trinajstić information content (AvgIpc) is 2.73. The standard InChI is InChI=1S/C20H22ClN5O2/c1-27-17-6-8-18(9-7-17)28-13-12-23-20-25-19(14-24-26-20)22-11-10-15-2-4-16(21)5-3-15/h2-9,14H,10-13H2,1H3,(H2,22,23,25,26). The number of halogens is 1. The van der Waals surface area contributed by atoms with Crippen molar-refractivity contribution in [3.8, 4) is 11.5 Å². The molecule has 0 atom stereocenters. The Bertz CT molecular complexity index is 859. The minimum atomic E-state index is 0.454. The molecule has 0 aliphatic carbocycles. The summed E-state index contributed by atoms with van der Waals surface area (Å²) in [6.07, 6.45) is 2.46. The lowest BCUT2D eigenvalue weighted by molar-refractivity contribution is 0.331. The molecule has 1 heterocycles. The van der Waals surface area contributed by atoms with Crippen molar-refractivity contribution in [3.63, 3.8) is 0 Å². The van der Waals surface area contributed by atoms with Crippen molar-refractivity contribution in [2.24, 2.45) is 0 Å². The largest absolute Gasteiger partial charge is 0.497 e. The van der Waals surface area contributed by atoms with E-state index in [1.54, 1.807) is 13.3 Å². The van der Waals surface area contributed by atoms with Gasteiger partial charge in [-0.25, -0.2) is 0 Å². The minimum absolute atomic E-state index is 0.454. The lowest BCUT2D eigenvalue weighted by Crippen LogP contribution is -2.15. The second-order valence-electron chi connectivity index (χ2n) is 5.92. The first-order valence-corrected chi connectivity index (χ1v) is 9.29. The SMILES string of the molecule is COc1ccc(OCCNc2nncc(NCCc3ccc(Cl)cc3)n2)cc1. The molecule has 0 saturated heterocycles. The van der Waals surface area contributed by atoms with Crippen molar-refractivity contribution in [2.45, 2.75) is 6.42 Å². The van der Waals surface area contributed by atoms with Crippen LogP contribution in [0, 0.1) is 0 Å². The first kappa shape index (κ1) is 19.7. The molecule has 2 N–H and O–H groups in total. The fourth-order valence-corrected chi connectivity index (χ4v) is 2.58. The molecule has 3 rings (SSSR count). The Balaban J connectivity index is 1.39. The normalized spacial score (nSPS) is 10.4. The Labute approximate surface area is 169 Å². The van der Waals surface area contributed by atoms with Crippen LogP contribution in [-0.4, -0.2) is 42.0 Å². The van der Waals surface area contributed by atoms with E-state index in [1.807, 2.05) is 48.5 Å². The monoisotopic (exact) mass is 399 g/mol. The predicted molar refractivity (Wildman–Crippen MR) is 110 cm³/mol. The second-order valence-corrected chi connectivity index (χ2v) is 6.36. The number of hydrogen-bond donors (Lipinski definition) is 2. The average molecular weight is 400 g/mol. The zero-order valence-electron chi connectivity index (χ0n) is 15.6. The van der Waals surface area contributed by atoms with Crippen molar-refractivity contribution in [3.05, 3.63) is 65.3 Å². The minimum Gasteiger partial charge on any atom is -0.497 e. The first-order valence-electron chi connectivity index (χ1n) is 8.92. The van der Waals surface area contributed by atoms with E-state index in [4.69, 9.17) is 21.1 Å². The van der Waals surface area contributed by atoms with Gasteiger partial charge in [0.2, 0.25) is 5.95 Å². The van der Waals surface area contributed by atoms with Crippen LogP contribution >= 0.6 is 11.6 Å². The Kier molecular flexibility index (Phi) is 7.26. The second kappa shape index (κ2) is 10.3. The van der Waals surface area contributed by atoms with E-state index >= 15 is 0 Å². The summed E-state index contributed by atoms with van der Waals surface area (Å²) >= 11 is 5.90. The van der Waals surface area contributed by atoms with Crippen LogP contribution in [0.1, 0.15) is 5.56 Å². The summed E-state index contributed by atoms with van der Waals surface area (Å²) in [4.78, 5) is 4.40. The number of rotatable bonds is 10. The van der Waals surface area contributed by atoms with Crippen LogP contribution < -0.4 is 20.1 Å². The molecule has 0 aliphatic heterocycles. The van der Waals surface area contributed by atoms with Crippen molar-refractivity contribution >= 4 is 23.4 Å². The number of aromatic nitrogens is 3. The van der Waals surface area contributed by atoms with E-state index in [9.17, 15) is 0 Å². The molecule has 7 nitrogen and oxygen atoms in total. The molecule has 0 bridgehead atoms. The van der Waals surface area contributed by atoms with Crippen LogP contribution in [0.15, 0.2) is 54.7 Å². The third kappa shape index (κ3) is 6.28. The molecule has 0 saturated carbocycles. The molecule has 28 heavy (non-hydrogen) atoms. The molecule has 0 fully saturated rings. The molecule has 0 unspecified atom stereocenters. The third-order valence-corrected chi connectivity index (χ3v) is 4.16. The zero-order chi connectivity index (χ0) is 19.6. The summed E-state index contributed by atoms with van der Waals surface area (Å²) in [5.74, 6) is 2.70. The number of hydrogen-bond acceptors (Lipinski definition) is 7. The van der Waals surface area contributed by atoms with Gasteiger partial charge in [0.1, 0.15) is 18.1 Å². The highest BCUT2D eigenvalue weighted by Gasteiger charge is 2.01. The Morgan fingerprint density at radius 2 is 1.68 bits per heavy atom. The number of benzene rings is 2. The van der Waals surface area contributed by atoms with E-state index in [0.29, 0.717) is 24.9 Å². The highest BCUT2D eigenvalue weighted by Crippen LogP contribution is 2.16. The van der Waals surface area contributed by atoms with E-state index in [0.717, 1.165) is 29.5 Å². The number of nitrogens with zero attached hydrogens (tertiary/aromatic N) is 3. The number of anilines is 2. The van der Waals surface area contributed by atoms with Crippen LogP contribution in [0.3, 0.4) is 0 Å². The third-order valence-electron chi connectivity index (χ3n) is 3.91. The van der Waals surface area contributed by atoms with Crippen molar-refractivity contribution in [1.82, 2.24) is 15.2 Å². The summed E-state index contributed by atoms with van der Waals surface area (Å²) < 4.78 is 10.8. The highest BCUT2D eigenvalue weighted by molar-refractivity contribution is 6.30. The molecule has 0 spiro atoms. The molecule has 0 radical (unpaired) electrons. The van der Waals surface area contributed by atoms with Crippen molar-refractivity contribution in [2.75, 3.05) is 37.4 Å². The van der Waals surface area contributed by atoms with Gasteiger partial charge < -0.3 is 20.1 Å². The van der Waals surface area contributed by atoms with Gasteiger partial charge in [-0.05, 0) is 48.4 Å². The molecular formula is C20H22ClN5O2. The van der Waals surface area contributed by atoms with Gasteiger partial charge in [0.25, 0.3) is 0 Å². The number of ether oxygens (including phenoxy) is 2. The molecule has 146 valence electrons. The highest BCUT2D eigenvalue weighted by atomic mass is 35.5. The van der Waals surface area contributed by atoms with Crippen LogP contribution in [-0.2, 0) is 6.42 Å². The Hall–Kier alpha value is -3.06. The zero-order valence-corrected chi connectivity index (χ0v) is 16.3. The molecule has 2 aromatic carbocycles. The Morgan fingerprint density at radius 3 is 2.43 bits per heavy atom. The van der Waals surface area contributed by atoms with Gasteiger partial charge in [0, 0.05) is 11.6 Å². The van der Waals surface area contributed by atoms with Crippen LogP contribution in [0.25, 0.3) is 0 Å². The van der Waals surface area contributed by atoms with Crippen LogP contribution in [0.5, 0.6) is 11.5 Å². The van der Waals surface area contributed by atoms with E-state index in [1.165, 1.54) is 5.56 Å². The maximum atomic E-state index is 5.90. The Morgan fingerprint density at radius 1 is 0.929 bits per heavy atom. The number of nitrogens with one attached hydrogen (secondary N) is 2. The topological polar surface area (TPSA) is 81.2 Å². The first-order chi connectivity index (χ1) is 13.7. The van der Waals surface area contributed by atoms with Crippen molar-refractivity contribution < 1.29 is 9.47 Å². The fraction of sp³-hybridized carbons (Fsp3) is 0.250. The van der Waals surface area contributed by atoms with Crippen LogP contribution in [0.4, 0.5) is 11.8 Å². The predicted octanol–water partition coefficient (Wildman–Crippen LogP) is 3.68. The van der Waals surface area contributed by atoms with Gasteiger partial charge in [-0.3, -0.25) is 0 Å². The quantitative estimate of drug-likeness (QED) is 0.503. The summed E-state index contributed by atoms with van der Waals surface area (Å²) in [6.45, 7) is 1.77. The summed E-state index contributed by atoms with van der Waals surface area (Å²) in [7, 11) is 1.63. The van der Waals surface area contributed by atoms with E-state index in [2.05, 4.69) is 25.8 Å². The van der Waals surface area contributed by atoms with Gasteiger partial charge in [0.05, 0.1) is 19.9 Å². The fourth-order valence-electron chi connectivity index (χ4n) is 2.45. The summed E-state index contributed by atoms with van der Waals surface area (Å²) in [5.41, 5.74) is 1.20. The van der Waals surface area contributed by atoms with Gasteiger partial charge in [-0.1, -0.05) is 23.7 Å². The smallest absolute Gasteiger partial charge is 0.244 e. The molecule has 1 aromatic heterocycles.